The minimum atomic E-state index is -0.0896. The number of pyridine rings is 1. The number of nitrogens with zero attached hydrogens (tertiary/aromatic N) is 2. The van der Waals surface area contributed by atoms with Gasteiger partial charge in [-0.25, -0.2) is 4.98 Å². The Bertz CT molecular complexity index is 652. The maximum atomic E-state index is 12.4. The van der Waals surface area contributed by atoms with Crippen molar-refractivity contribution in [3.05, 3.63) is 23.5 Å². The molecule has 1 fully saturated rings. The zero-order valence-corrected chi connectivity index (χ0v) is 12.3. The molecule has 2 unspecified atom stereocenters. The fraction of sp³-hybridized carbons (Fsp3) is 0.533. The second-order valence-electron chi connectivity index (χ2n) is 5.52. The van der Waals surface area contributed by atoms with Crippen LogP contribution in [-0.4, -0.2) is 34.7 Å². The predicted molar refractivity (Wildman–Crippen MR) is 79.1 cm³/mol. The van der Waals surface area contributed by atoms with Gasteiger partial charge in [-0.05, 0) is 38.8 Å². The Balaban J connectivity index is 1.80. The third kappa shape index (κ3) is 2.76. The summed E-state index contributed by atoms with van der Waals surface area (Å²) in [6, 6.07) is 2.27. The number of carbonyl (C=O) groups is 1. The number of hydrogen-bond acceptors (Lipinski definition) is 5. The van der Waals surface area contributed by atoms with E-state index in [2.05, 4.69) is 27.7 Å². The lowest BCUT2D eigenvalue weighted by Crippen LogP contribution is -2.51. The minimum Gasteiger partial charge on any atom is -0.348 e. The first-order valence-electron chi connectivity index (χ1n) is 7.47. The van der Waals surface area contributed by atoms with Gasteiger partial charge in [0.2, 0.25) is 0 Å². The van der Waals surface area contributed by atoms with Gasteiger partial charge in [-0.15, -0.1) is 0 Å². The number of carbonyl (C=O) groups excluding carboxylic acids is 1. The summed E-state index contributed by atoms with van der Waals surface area (Å²) in [7, 11) is 0. The van der Waals surface area contributed by atoms with E-state index in [4.69, 9.17) is 4.52 Å². The van der Waals surface area contributed by atoms with Crippen LogP contribution in [0, 0.1) is 0 Å². The first kappa shape index (κ1) is 14.0. The summed E-state index contributed by atoms with van der Waals surface area (Å²) in [5, 5.41) is 11.2. The third-order valence-electron chi connectivity index (χ3n) is 4.08. The summed E-state index contributed by atoms with van der Waals surface area (Å²) in [5.74, 6) is -0.0896. The quantitative estimate of drug-likeness (QED) is 0.897. The fourth-order valence-electron chi connectivity index (χ4n) is 2.75. The van der Waals surface area contributed by atoms with E-state index in [1.54, 1.807) is 6.20 Å². The average Bonchev–Trinajstić information content (AvgIpc) is 2.91. The zero-order chi connectivity index (χ0) is 14.8. The molecule has 2 atom stereocenters. The second kappa shape index (κ2) is 5.81. The lowest BCUT2D eigenvalue weighted by Gasteiger charge is -2.30. The molecule has 2 N–H and O–H groups in total. The minimum absolute atomic E-state index is 0.0896. The number of aryl methyl sites for hydroxylation is 1. The third-order valence-corrected chi connectivity index (χ3v) is 4.08. The number of hydrogen-bond donors (Lipinski definition) is 2. The highest BCUT2D eigenvalue weighted by atomic mass is 16.5. The molecule has 0 radical (unpaired) electrons. The molecular formula is C15H20N4O2. The summed E-state index contributed by atoms with van der Waals surface area (Å²) in [6.07, 6.45) is 4.38. The molecule has 112 valence electrons. The van der Waals surface area contributed by atoms with Crippen molar-refractivity contribution in [1.82, 2.24) is 20.8 Å². The van der Waals surface area contributed by atoms with Crippen LogP contribution in [0.1, 0.15) is 42.7 Å². The van der Waals surface area contributed by atoms with Crippen molar-refractivity contribution in [2.45, 2.75) is 45.2 Å². The van der Waals surface area contributed by atoms with Gasteiger partial charge in [0.15, 0.2) is 0 Å². The van der Waals surface area contributed by atoms with Crippen LogP contribution in [0.5, 0.6) is 0 Å². The summed E-state index contributed by atoms with van der Waals surface area (Å²) in [4.78, 5) is 16.6. The van der Waals surface area contributed by atoms with Crippen molar-refractivity contribution in [2.24, 2.45) is 0 Å². The molecule has 0 spiro atoms. The van der Waals surface area contributed by atoms with Crippen LogP contribution < -0.4 is 10.6 Å². The van der Waals surface area contributed by atoms with Gasteiger partial charge < -0.3 is 15.2 Å². The highest BCUT2D eigenvalue weighted by Crippen LogP contribution is 2.18. The van der Waals surface area contributed by atoms with Gasteiger partial charge in [0.05, 0.1) is 16.6 Å². The van der Waals surface area contributed by atoms with Crippen LogP contribution in [0.15, 0.2) is 16.8 Å². The molecule has 2 aromatic rings. The van der Waals surface area contributed by atoms with Gasteiger partial charge >= 0.3 is 0 Å². The van der Waals surface area contributed by atoms with Gasteiger partial charge in [0, 0.05) is 18.3 Å². The monoisotopic (exact) mass is 288 g/mol. The van der Waals surface area contributed by atoms with E-state index in [0.29, 0.717) is 17.3 Å². The maximum Gasteiger partial charge on any atom is 0.257 e. The molecule has 3 heterocycles. The average molecular weight is 288 g/mol. The summed E-state index contributed by atoms with van der Waals surface area (Å²) in [5.41, 5.74) is 1.87. The standard InChI is InChI=1S/C15H20N4O2/c1-3-12-11-7-10(8-17-15(11)21-19-12)14(20)18-13-5-4-6-16-9(13)2/h7-9,13,16H,3-6H2,1-2H3,(H,18,20). The van der Waals surface area contributed by atoms with Crippen LogP contribution in [0.2, 0.25) is 0 Å². The molecule has 1 amide bonds. The molecule has 0 aromatic carbocycles. The Morgan fingerprint density at radius 2 is 2.43 bits per heavy atom. The summed E-state index contributed by atoms with van der Waals surface area (Å²) < 4.78 is 5.14. The highest BCUT2D eigenvalue weighted by Gasteiger charge is 2.23. The fourth-order valence-corrected chi connectivity index (χ4v) is 2.75. The molecule has 3 rings (SSSR count). The topological polar surface area (TPSA) is 80.0 Å². The SMILES string of the molecule is CCc1noc2ncc(C(=O)NC3CCCNC3C)cc12. The number of amides is 1. The number of nitrogens with one attached hydrogen (secondary N) is 2. The van der Waals surface area contributed by atoms with Gasteiger partial charge in [0.1, 0.15) is 0 Å². The first-order valence-corrected chi connectivity index (χ1v) is 7.47. The number of rotatable bonds is 3. The Kier molecular flexibility index (Phi) is 3.88. The van der Waals surface area contributed by atoms with Gasteiger partial charge in [-0.2, -0.15) is 0 Å². The van der Waals surface area contributed by atoms with Crippen molar-refractivity contribution in [2.75, 3.05) is 6.54 Å². The van der Waals surface area contributed by atoms with Gasteiger partial charge in [-0.3, -0.25) is 4.79 Å². The van der Waals surface area contributed by atoms with E-state index in [1.165, 1.54) is 0 Å². The molecule has 1 aliphatic rings. The number of aromatic nitrogens is 2. The van der Waals surface area contributed by atoms with Crippen molar-refractivity contribution in [1.29, 1.82) is 0 Å². The Morgan fingerprint density at radius 1 is 1.57 bits per heavy atom. The molecule has 0 bridgehead atoms. The smallest absolute Gasteiger partial charge is 0.257 e. The Morgan fingerprint density at radius 3 is 3.19 bits per heavy atom. The molecule has 0 saturated carbocycles. The van der Waals surface area contributed by atoms with Crippen LogP contribution in [0.3, 0.4) is 0 Å². The van der Waals surface area contributed by atoms with Gasteiger partial charge in [0.25, 0.3) is 11.6 Å². The maximum absolute atomic E-state index is 12.4. The molecule has 21 heavy (non-hydrogen) atoms. The van der Waals surface area contributed by atoms with Crippen molar-refractivity contribution >= 4 is 17.0 Å². The summed E-state index contributed by atoms with van der Waals surface area (Å²) >= 11 is 0. The van der Waals surface area contributed by atoms with Crippen molar-refractivity contribution < 1.29 is 9.32 Å². The number of fused-ring (bicyclic) bond motifs is 1. The molecule has 1 saturated heterocycles. The number of piperidine rings is 1. The molecule has 6 heteroatoms. The normalized spacial score (nSPS) is 22.4. The predicted octanol–water partition coefficient (Wildman–Crippen LogP) is 1.66. The van der Waals surface area contributed by atoms with Crippen LogP contribution in [-0.2, 0) is 6.42 Å². The van der Waals surface area contributed by atoms with E-state index in [0.717, 1.165) is 36.9 Å². The van der Waals surface area contributed by atoms with Crippen molar-refractivity contribution in [3.8, 4) is 0 Å². The molecule has 0 aliphatic carbocycles. The van der Waals surface area contributed by atoms with Gasteiger partial charge in [-0.1, -0.05) is 12.1 Å². The largest absolute Gasteiger partial charge is 0.348 e. The van der Waals surface area contributed by atoms with E-state index in [1.807, 2.05) is 13.0 Å². The highest BCUT2D eigenvalue weighted by molar-refractivity contribution is 5.97. The molecule has 1 aliphatic heterocycles. The second-order valence-corrected chi connectivity index (χ2v) is 5.52. The van der Waals surface area contributed by atoms with E-state index < -0.39 is 0 Å². The summed E-state index contributed by atoms with van der Waals surface area (Å²) in [6.45, 7) is 5.11. The molecule has 2 aromatic heterocycles. The lowest BCUT2D eigenvalue weighted by molar-refractivity contribution is 0.0919. The van der Waals surface area contributed by atoms with E-state index >= 15 is 0 Å². The Hall–Kier alpha value is -1.95. The molecule has 6 nitrogen and oxygen atoms in total. The lowest BCUT2D eigenvalue weighted by atomic mass is 9.99. The van der Waals surface area contributed by atoms with Crippen molar-refractivity contribution in [3.63, 3.8) is 0 Å². The van der Waals surface area contributed by atoms with Crippen LogP contribution >= 0.6 is 0 Å². The Labute approximate surface area is 123 Å². The van der Waals surface area contributed by atoms with Crippen LogP contribution in [0.25, 0.3) is 11.1 Å². The zero-order valence-electron chi connectivity index (χ0n) is 12.3. The molecular weight excluding hydrogens is 268 g/mol. The van der Waals surface area contributed by atoms with Crippen LogP contribution in [0.4, 0.5) is 0 Å². The first-order chi connectivity index (χ1) is 10.2. The van der Waals surface area contributed by atoms with E-state index in [-0.39, 0.29) is 11.9 Å². The van der Waals surface area contributed by atoms with E-state index in [9.17, 15) is 4.79 Å².